The third-order valence-corrected chi connectivity index (χ3v) is 4.99. The van der Waals surface area contributed by atoms with E-state index in [-0.39, 0.29) is 17.6 Å². The molecule has 8 heteroatoms. The van der Waals surface area contributed by atoms with Crippen LogP contribution in [0.4, 0.5) is 15.8 Å². The number of hydrogen-bond acceptors (Lipinski definition) is 3. The number of benzene rings is 2. The van der Waals surface area contributed by atoms with Gasteiger partial charge in [0.1, 0.15) is 37.7 Å². The molecule has 0 unspecified atom stereocenters. The first kappa shape index (κ1) is 20.8. The largest absolute Gasteiger partial charge is 0.497 e. The first-order chi connectivity index (χ1) is 14.0. The van der Waals surface area contributed by atoms with Gasteiger partial charge in [-0.1, -0.05) is 0 Å². The number of halogens is 1. The Bertz CT molecular complexity index is 819. The summed E-state index contributed by atoms with van der Waals surface area (Å²) >= 11 is 0. The van der Waals surface area contributed by atoms with Crippen molar-refractivity contribution < 1.29 is 28.5 Å². The van der Waals surface area contributed by atoms with Crippen molar-refractivity contribution in [3.05, 3.63) is 54.3 Å². The van der Waals surface area contributed by atoms with Crippen LogP contribution in [0.1, 0.15) is 0 Å². The molecule has 29 heavy (non-hydrogen) atoms. The minimum absolute atomic E-state index is 0.0253. The highest BCUT2D eigenvalue weighted by Gasteiger charge is 2.26. The van der Waals surface area contributed by atoms with Gasteiger partial charge in [0.05, 0.1) is 7.11 Å². The van der Waals surface area contributed by atoms with Crippen LogP contribution in [0, 0.1) is 5.82 Å². The van der Waals surface area contributed by atoms with Crippen LogP contribution >= 0.6 is 0 Å². The molecular formula is C21H27FN4O3+2. The van der Waals surface area contributed by atoms with E-state index in [4.69, 9.17) is 4.74 Å². The van der Waals surface area contributed by atoms with Crippen molar-refractivity contribution in [2.24, 2.45) is 0 Å². The summed E-state index contributed by atoms with van der Waals surface area (Å²) in [4.78, 5) is 26.8. The first-order valence-electron chi connectivity index (χ1n) is 9.68. The molecule has 4 N–H and O–H groups in total. The summed E-state index contributed by atoms with van der Waals surface area (Å²) in [6, 6.07) is 13.0. The minimum atomic E-state index is -0.330. The number of quaternary nitrogens is 2. The third kappa shape index (κ3) is 6.55. The fourth-order valence-electron chi connectivity index (χ4n) is 3.38. The van der Waals surface area contributed by atoms with Gasteiger partial charge >= 0.3 is 0 Å². The maximum atomic E-state index is 12.9. The molecule has 2 aromatic carbocycles. The number of amides is 2. The number of carbonyl (C=O) groups is 2. The van der Waals surface area contributed by atoms with Crippen LogP contribution in [0.5, 0.6) is 5.75 Å². The van der Waals surface area contributed by atoms with Gasteiger partial charge in [0.15, 0.2) is 13.1 Å². The summed E-state index contributed by atoms with van der Waals surface area (Å²) in [7, 11) is 1.60. The van der Waals surface area contributed by atoms with E-state index in [1.807, 2.05) is 24.3 Å². The Kier molecular flexibility index (Phi) is 7.15. The molecule has 0 atom stereocenters. The maximum Gasteiger partial charge on any atom is 0.279 e. The second kappa shape index (κ2) is 9.99. The maximum absolute atomic E-state index is 12.9. The zero-order chi connectivity index (χ0) is 20.6. The molecule has 0 spiro atoms. The number of ether oxygens (including phenoxy) is 1. The summed E-state index contributed by atoms with van der Waals surface area (Å²) < 4.78 is 18.0. The number of piperazine rings is 1. The predicted molar refractivity (Wildman–Crippen MR) is 108 cm³/mol. The molecule has 0 aromatic heterocycles. The van der Waals surface area contributed by atoms with E-state index in [1.54, 1.807) is 19.2 Å². The highest BCUT2D eigenvalue weighted by molar-refractivity contribution is 5.92. The van der Waals surface area contributed by atoms with Gasteiger partial charge in [-0.05, 0) is 48.5 Å². The van der Waals surface area contributed by atoms with Gasteiger partial charge in [-0.3, -0.25) is 9.59 Å². The van der Waals surface area contributed by atoms with Crippen molar-refractivity contribution in [3.63, 3.8) is 0 Å². The quantitative estimate of drug-likeness (QED) is 0.490. The summed E-state index contributed by atoms with van der Waals surface area (Å²) in [5.74, 6) is 0.301. The van der Waals surface area contributed by atoms with Gasteiger partial charge in [0.2, 0.25) is 0 Å². The molecule has 7 nitrogen and oxygen atoms in total. The zero-order valence-electron chi connectivity index (χ0n) is 16.5. The second-order valence-corrected chi connectivity index (χ2v) is 7.19. The zero-order valence-corrected chi connectivity index (χ0v) is 16.5. The number of rotatable bonds is 7. The number of anilines is 2. The number of nitrogens with one attached hydrogen (secondary N) is 4. The van der Waals surface area contributed by atoms with E-state index in [2.05, 4.69) is 10.6 Å². The average Bonchev–Trinajstić information content (AvgIpc) is 2.72. The van der Waals surface area contributed by atoms with Crippen LogP contribution in [0.2, 0.25) is 0 Å². The molecular weight excluding hydrogens is 375 g/mol. The molecule has 0 saturated carbocycles. The lowest BCUT2D eigenvalue weighted by Gasteiger charge is -2.28. The molecule has 2 aromatic rings. The van der Waals surface area contributed by atoms with Gasteiger partial charge in [0.25, 0.3) is 11.8 Å². The normalized spacial score (nSPS) is 18.7. The van der Waals surface area contributed by atoms with E-state index in [0.717, 1.165) is 37.6 Å². The van der Waals surface area contributed by atoms with E-state index in [1.165, 1.54) is 21.9 Å². The molecule has 0 aliphatic carbocycles. The molecule has 1 aliphatic rings. The second-order valence-electron chi connectivity index (χ2n) is 7.19. The first-order valence-corrected chi connectivity index (χ1v) is 9.68. The van der Waals surface area contributed by atoms with Crippen LogP contribution in [-0.2, 0) is 9.59 Å². The minimum Gasteiger partial charge on any atom is -0.497 e. The van der Waals surface area contributed by atoms with E-state index in [9.17, 15) is 14.0 Å². The van der Waals surface area contributed by atoms with Gasteiger partial charge in [-0.15, -0.1) is 0 Å². The van der Waals surface area contributed by atoms with Gasteiger partial charge in [-0.25, -0.2) is 4.39 Å². The molecule has 1 saturated heterocycles. The predicted octanol–water partition coefficient (Wildman–Crippen LogP) is -0.805. The molecule has 154 valence electrons. The summed E-state index contributed by atoms with van der Waals surface area (Å²) in [5.41, 5.74) is 1.34. The van der Waals surface area contributed by atoms with Crippen LogP contribution in [-0.4, -0.2) is 58.2 Å². The number of carbonyl (C=O) groups excluding carboxylic acids is 2. The Labute approximate surface area is 169 Å². The fraction of sp³-hybridized carbons (Fsp3) is 0.333. The Morgan fingerprint density at radius 2 is 1.24 bits per heavy atom. The van der Waals surface area contributed by atoms with Gasteiger partial charge < -0.3 is 25.2 Å². The van der Waals surface area contributed by atoms with E-state index in [0.29, 0.717) is 18.8 Å². The summed E-state index contributed by atoms with van der Waals surface area (Å²) in [6.45, 7) is 4.07. The Hall–Kier alpha value is -2.97. The van der Waals surface area contributed by atoms with Gasteiger partial charge in [0, 0.05) is 11.4 Å². The van der Waals surface area contributed by atoms with Crippen LogP contribution in [0.25, 0.3) is 0 Å². The molecule has 0 bridgehead atoms. The molecule has 1 aliphatic heterocycles. The highest BCUT2D eigenvalue weighted by atomic mass is 19.1. The molecule has 2 amide bonds. The lowest BCUT2D eigenvalue weighted by Crippen LogP contribution is -3.28. The number of hydrogen-bond donors (Lipinski definition) is 4. The Balaban J connectivity index is 1.37. The topological polar surface area (TPSA) is 76.3 Å². The van der Waals surface area contributed by atoms with Crippen molar-refractivity contribution in [2.75, 3.05) is 57.0 Å². The lowest BCUT2D eigenvalue weighted by atomic mass is 10.2. The standard InChI is InChI=1S/C21H25FN4O3/c1-29-19-8-6-18(7-9-19)24-21(28)15-26-12-10-25(11-13-26)14-20(27)23-17-4-2-16(22)3-5-17/h2-9H,10-15H2,1H3,(H,23,27)(H,24,28)/p+2. The van der Waals surface area contributed by atoms with Crippen molar-refractivity contribution >= 4 is 23.2 Å². The van der Waals surface area contributed by atoms with Gasteiger partial charge in [-0.2, -0.15) is 0 Å². The van der Waals surface area contributed by atoms with Crippen LogP contribution < -0.4 is 25.2 Å². The highest BCUT2D eigenvalue weighted by Crippen LogP contribution is 2.14. The Morgan fingerprint density at radius 1 is 0.828 bits per heavy atom. The summed E-state index contributed by atoms with van der Waals surface area (Å²) in [5, 5.41) is 5.69. The number of methoxy groups -OCH3 is 1. The van der Waals surface area contributed by atoms with Crippen molar-refractivity contribution in [1.29, 1.82) is 0 Å². The van der Waals surface area contributed by atoms with Crippen molar-refractivity contribution in [1.82, 2.24) is 0 Å². The van der Waals surface area contributed by atoms with Crippen molar-refractivity contribution in [2.45, 2.75) is 0 Å². The smallest absolute Gasteiger partial charge is 0.279 e. The van der Waals surface area contributed by atoms with Crippen LogP contribution in [0.15, 0.2) is 48.5 Å². The van der Waals surface area contributed by atoms with Crippen LogP contribution in [0.3, 0.4) is 0 Å². The lowest BCUT2D eigenvalue weighted by molar-refractivity contribution is -1.00. The van der Waals surface area contributed by atoms with E-state index >= 15 is 0 Å². The molecule has 0 radical (unpaired) electrons. The fourth-order valence-corrected chi connectivity index (χ4v) is 3.38. The summed E-state index contributed by atoms with van der Waals surface area (Å²) in [6.07, 6.45) is 0. The Morgan fingerprint density at radius 3 is 1.66 bits per heavy atom. The monoisotopic (exact) mass is 402 g/mol. The molecule has 3 rings (SSSR count). The molecule has 1 fully saturated rings. The SMILES string of the molecule is COc1ccc(NC(=O)C[NH+]2CC[NH+](CC(=O)Nc3ccc(F)cc3)CC2)cc1. The van der Waals surface area contributed by atoms with Crippen molar-refractivity contribution in [3.8, 4) is 5.75 Å². The average molecular weight is 402 g/mol. The molecule has 1 heterocycles. The van der Waals surface area contributed by atoms with E-state index < -0.39 is 0 Å². The third-order valence-electron chi connectivity index (χ3n) is 4.99.